The van der Waals surface area contributed by atoms with Crippen molar-refractivity contribution in [1.82, 2.24) is 5.32 Å². The number of benzene rings is 2. The van der Waals surface area contributed by atoms with Gasteiger partial charge in [-0.15, -0.1) is 0 Å². The van der Waals surface area contributed by atoms with Gasteiger partial charge in [0.25, 0.3) is 10.0 Å². The van der Waals surface area contributed by atoms with Gasteiger partial charge in [0.1, 0.15) is 0 Å². The topological polar surface area (TPSA) is 82.0 Å². The first-order chi connectivity index (χ1) is 10.0. The molecule has 2 rings (SSSR count). The molecule has 0 aliphatic carbocycles. The molecule has 5 nitrogen and oxygen atoms in total. The molecule has 108 valence electrons. The third-order valence-corrected chi connectivity index (χ3v) is 4.26. The van der Waals surface area contributed by atoms with Crippen molar-refractivity contribution in [3.63, 3.8) is 0 Å². The molecule has 0 fully saturated rings. The van der Waals surface area contributed by atoms with Gasteiger partial charge in [0.2, 0.25) is 0 Å². The van der Waals surface area contributed by atoms with Gasteiger partial charge in [0, 0.05) is 6.54 Å². The minimum absolute atomic E-state index is 0.185. The Morgan fingerprint density at radius 1 is 1.14 bits per heavy atom. The Kier molecular flexibility index (Phi) is 4.58. The van der Waals surface area contributed by atoms with E-state index < -0.39 is 10.0 Å². The first-order valence-corrected chi connectivity index (χ1v) is 7.80. The van der Waals surface area contributed by atoms with Crippen LogP contribution in [-0.4, -0.2) is 15.5 Å². The van der Waals surface area contributed by atoms with Gasteiger partial charge in [-0.2, -0.15) is 5.26 Å². The van der Waals surface area contributed by atoms with Crippen molar-refractivity contribution < 1.29 is 8.42 Å². The minimum atomic E-state index is -3.65. The predicted octanol–water partition coefficient (Wildman–Crippen LogP) is 2.08. The van der Waals surface area contributed by atoms with Gasteiger partial charge in [-0.1, -0.05) is 18.2 Å². The number of rotatable bonds is 5. The van der Waals surface area contributed by atoms with E-state index in [1.807, 2.05) is 13.1 Å². The largest absolute Gasteiger partial charge is 0.316 e. The van der Waals surface area contributed by atoms with E-state index in [2.05, 4.69) is 10.0 Å². The third-order valence-electron chi connectivity index (χ3n) is 2.86. The van der Waals surface area contributed by atoms with Gasteiger partial charge < -0.3 is 5.32 Å². The highest BCUT2D eigenvalue weighted by atomic mass is 32.2. The average Bonchev–Trinajstić information content (AvgIpc) is 2.48. The van der Waals surface area contributed by atoms with Crippen molar-refractivity contribution in [1.29, 1.82) is 5.26 Å². The van der Waals surface area contributed by atoms with Gasteiger partial charge in [-0.25, -0.2) is 8.42 Å². The quantitative estimate of drug-likeness (QED) is 0.886. The molecule has 0 heterocycles. The zero-order valence-corrected chi connectivity index (χ0v) is 12.3. The first-order valence-electron chi connectivity index (χ1n) is 6.32. The van der Waals surface area contributed by atoms with E-state index in [-0.39, 0.29) is 4.90 Å². The molecule has 0 radical (unpaired) electrons. The Balaban J connectivity index is 2.23. The molecule has 0 atom stereocenters. The summed E-state index contributed by atoms with van der Waals surface area (Å²) in [5.74, 6) is 0. The molecule has 0 amide bonds. The lowest BCUT2D eigenvalue weighted by Crippen LogP contribution is -2.13. The normalized spacial score (nSPS) is 10.9. The fraction of sp³-hybridized carbons (Fsp3) is 0.133. The highest BCUT2D eigenvalue weighted by molar-refractivity contribution is 7.92. The van der Waals surface area contributed by atoms with E-state index in [0.717, 1.165) is 5.56 Å². The van der Waals surface area contributed by atoms with Gasteiger partial charge in [-0.05, 0) is 42.9 Å². The van der Waals surface area contributed by atoms with Crippen LogP contribution in [0.25, 0.3) is 0 Å². The predicted molar refractivity (Wildman–Crippen MR) is 81.2 cm³/mol. The van der Waals surface area contributed by atoms with Crippen LogP contribution in [0.1, 0.15) is 11.1 Å². The molecular weight excluding hydrogens is 286 g/mol. The van der Waals surface area contributed by atoms with Gasteiger partial charge in [0.05, 0.1) is 22.2 Å². The molecule has 0 aromatic heterocycles. The average molecular weight is 301 g/mol. The molecule has 0 aliphatic rings. The Morgan fingerprint density at radius 2 is 1.86 bits per heavy atom. The molecule has 0 bridgehead atoms. The van der Waals surface area contributed by atoms with E-state index in [0.29, 0.717) is 17.8 Å². The number of hydrogen-bond donors (Lipinski definition) is 2. The van der Waals surface area contributed by atoms with E-state index >= 15 is 0 Å². The number of nitriles is 1. The highest BCUT2D eigenvalue weighted by Crippen LogP contribution is 2.17. The number of nitrogens with one attached hydrogen (secondary N) is 2. The summed E-state index contributed by atoms with van der Waals surface area (Å²) in [5, 5.41) is 11.8. The van der Waals surface area contributed by atoms with Gasteiger partial charge >= 0.3 is 0 Å². The monoisotopic (exact) mass is 301 g/mol. The summed E-state index contributed by atoms with van der Waals surface area (Å²) in [7, 11) is -1.82. The van der Waals surface area contributed by atoms with E-state index in [4.69, 9.17) is 5.26 Å². The zero-order valence-electron chi connectivity index (χ0n) is 11.5. The SMILES string of the molecule is CNCc1ccc(S(=O)(=O)Nc2cccc(C#N)c2)cc1. The fourth-order valence-electron chi connectivity index (χ4n) is 1.86. The van der Waals surface area contributed by atoms with Crippen LogP contribution >= 0.6 is 0 Å². The second-order valence-electron chi connectivity index (χ2n) is 4.47. The molecule has 2 aromatic rings. The molecule has 0 aliphatic heterocycles. The molecule has 0 saturated carbocycles. The molecule has 21 heavy (non-hydrogen) atoms. The zero-order chi connectivity index (χ0) is 15.3. The van der Waals surface area contributed by atoms with E-state index in [9.17, 15) is 8.42 Å². The van der Waals surface area contributed by atoms with Crippen LogP contribution in [0.15, 0.2) is 53.4 Å². The van der Waals surface area contributed by atoms with E-state index in [1.165, 1.54) is 6.07 Å². The third kappa shape index (κ3) is 3.81. The maximum atomic E-state index is 12.3. The second kappa shape index (κ2) is 6.39. The standard InChI is InChI=1S/C15H15N3O2S/c1-17-11-12-5-7-15(8-6-12)21(19,20)18-14-4-2-3-13(9-14)10-16/h2-9,17-18H,11H2,1H3. The Labute approximate surface area is 124 Å². The molecule has 2 N–H and O–H groups in total. The highest BCUT2D eigenvalue weighted by Gasteiger charge is 2.14. The van der Waals surface area contributed by atoms with Crippen molar-refractivity contribution in [2.45, 2.75) is 11.4 Å². The van der Waals surface area contributed by atoms with Crippen molar-refractivity contribution in [2.75, 3.05) is 11.8 Å². The van der Waals surface area contributed by atoms with Gasteiger partial charge in [-0.3, -0.25) is 4.72 Å². The summed E-state index contributed by atoms with van der Waals surface area (Å²) in [6.45, 7) is 0.679. The molecular formula is C15H15N3O2S. The summed E-state index contributed by atoms with van der Waals surface area (Å²) in [5.41, 5.74) is 1.77. The van der Waals surface area contributed by atoms with Crippen molar-refractivity contribution in [3.8, 4) is 6.07 Å². The van der Waals surface area contributed by atoms with Crippen molar-refractivity contribution in [2.24, 2.45) is 0 Å². The number of hydrogen-bond acceptors (Lipinski definition) is 4. The van der Waals surface area contributed by atoms with Crippen LogP contribution in [0.4, 0.5) is 5.69 Å². The first kappa shape index (κ1) is 15.0. The van der Waals surface area contributed by atoms with Crippen LogP contribution in [0, 0.1) is 11.3 Å². The number of anilines is 1. The Bertz CT molecular complexity index is 762. The summed E-state index contributed by atoms with van der Waals surface area (Å²) in [4.78, 5) is 0.185. The summed E-state index contributed by atoms with van der Waals surface area (Å²) < 4.78 is 27.0. The molecule has 0 spiro atoms. The van der Waals surface area contributed by atoms with Crippen LogP contribution in [-0.2, 0) is 16.6 Å². The number of sulfonamides is 1. The molecule has 6 heteroatoms. The lowest BCUT2D eigenvalue weighted by atomic mass is 10.2. The van der Waals surface area contributed by atoms with Gasteiger partial charge in [0.15, 0.2) is 0 Å². The second-order valence-corrected chi connectivity index (χ2v) is 6.15. The molecule has 2 aromatic carbocycles. The molecule has 0 unspecified atom stereocenters. The fourth-order valence-corrected chi connectivity index (χ4v) is 2.91. The smallest absolute Gasteiger partial charge is 0.261 e. The maximum absolute atomic E-state index is 12.3. The molecule has 0 saturated heterocycles. The minimum Gasteiger partial charge on any atom is -0.316 e. The lowest BCUT2D eigenvalue weighted by molar-refractivity contribution is 0.601. The van der Waals surface area contributed by atoms with E-state index in [1.54, 1.807) is 42.5 Å². The van der Waals surface area contributed by atoms with Crippen LogP contribution < -0.4 is 10.0 Å². The maximum Gasteiger partial charge on any atom is 0.261 e. The van der Waals surface area contributed by atoms with Crippen LogP contribution in [0.2, 0.25) is 0 Å². The Morgan fingerprint density at radius 3 is 2.48 bits per heavy atom. The Hall–Kier alpha value is -2.36. The van der Waals surface area contributed by atoms with Crippen molar-refractivity contribution >= 4 is 15.7 Å². The van der Waals surface area contributed by atoms with Crippen molar-refractivity contribution in [3.05, 3.63) is 59.7 Å². The lowest BCUT2D eigenvalue weighted by Gasteiger charge is -2.09. The summed E-state index contributed by atoms with van der Waals surface area (Å²) >= 11 is 0. The number of nitrogens with zero attached hydrogens (tertiary/aromatic N) is 1. The van der Waals surface area contributed by atoms with Crippen LogP contribution in [0.5, 0.6) is 0 Å². The van der Waals surface area contributed by atoms with Crippen LogP contribution in [0.3, 0.4) is 0 Å². The summed E-state index contributed by atoms with van der Waals surface area (Å²) in [6, 6.07) is 15.0. The summed E-state index contributed by atoms with van der Waals surface area (Å²) in [6.07, 6.45) is 0.